The van der Waals surface area contributed by atoms with Crippen molar-refractivity contribution in [2.24, 2.45) is 0 Å². The third-order valence-electron chi connectivity index (χ3n) is 2.22. The zero-order valence-electron chi connectivity index (χ0n) is 8.99. The molecule has 0 atom stereocenters. The van der Waals surface area contributed by atoms with Crippen molar-refractivity contribution < 1.29 is 18.3 Å². The van der Waals surface area contributed by atoms with E-state index in [9.17, 15) is 13.6 Å². The number of aldehydes is 1. The zero-order chi connectivity index (χ0) is 13.1. The maximum atomic E-state index is 13.4. The van der Waals surface area contributed by atoms with Crippen molar-refractivity contribution in [3.63, 3.8) is 0 Å². The molecule has 18 heavy (non-hydrogen) atoms. The predicted molar refractivity (Wildman–Crippen MR) is 66.0 cm³/mol. The second-order valence-electron chi connectivity index (χ2n) is 3.48. The molecule has 0 N–H and O–H groups in total. The van der Waals surface area contributed by atoms with Crippen LogP contribution >= 0.6 is 15.9 Å². The first-order valence-electron chi connectivity index (χ1n) is 4.98. The predicted octanol–water partition coefficient (Wildman–Crippen LogP) is 4.33. The van der Waals surface area contributed by atoms with Crippen LogP contribution in [0.2, 0.25) is 0 Å². The van der Waals surface area contributed by atoms with E-state index in [0.29, 0.717) is 10.8 Å². The van der Waals surface area contributed by atoms with Crippen molar-refractivity contribution in [2.45, 2.75) is 0 Å². The molecule has 2 aromatic rings. The van der Waals surface area contributed by atoms with Gasteiger partial charge >= 0.3 is 0 Å². The van der Waals surface area contributed by atoms with Gasteiger partial charge in [0, 0.05) is 10.5 Å². The van der Waals surface area contributed by atoms with Gasteiger partial charge in [-0.2, -0.15) is 0 Å². The second kappa shape index (κ2) is 5.27. The number of halogens is 3. The fourth-order valence-corrected chi connectivity index (χ4v) is 1.71. The molecule has 0 aliphatic rings. The van der Waals surface area contributed by atoms with Crippen LogP contribution in [0.25, 0.3) is 0 Å². The van der Waals surface area contributed by atoms with E-state index in [1.54, 1.807) is 6.07 Å². The number of carbonyl (C=O) groups excluding carboxylic acids is 1. The minimum Gasteiger partial charge on any atom is -0.453 e. The van der Waals surface area contributed by atoms with Crippen molar-refractivity contribution >= 4 is 22.2 Å². The Morgan fingerprint density at radius 3 is 2.56 bits per heavy atom. The smallest absolute Gasteiger partial charge is 0.166 e. The first-order chi connectivity index (χ1) is 8.60. The van der Waals surface area contributed by atoms with Crippen LogP contribution in [-0.2, 0) is 0 Å². The Bertz CT molecular complexity index is 600. The van der Waals surface area contributed by atoms with Gasteiger partial charge in [0.05, 0.1) is 5.56 Å². The summed E-state index contributed by atoms with van der Waals surface area (Å²) in [5.41, 5.74) is 0.252. The van der Waals surface area contributed by atoms with E-state index in [1.165, 1.54) is 12.1 Å². The summed E-state index contributed by atoms with van der Waals surface area (Å²) in [6.07, 6.45) is 0.582. The zero-order valence-corrected chi connectivity index (χ0v) is 10.6. The van der Waals surface area contributed by atoms with Crippen LogP contribution < -0.4 is 4.74 Å². The molecule has 2 aromatic carbocycles. The standard InChI is InChI=1S/C13H7BrF2O2/c14-9-2-1-8(7-17)12(5-9)18-13-6-10(15)3-4-11(13)16/h1-7H. The fourth-order valence-electron chi connectivity index (χ4n) is 1.37. The van der Waals surface area contributed by atoms with Crippen LogP contribution in [0.3, 0.4) is 0 Å². The van der Waals surface area contributed by atoms with E-state index in [1.807, 2.05) is 0 Å². The van der Waals surface area contributed by atoms with Gasteiger partial charge in [-0.25, -0.2) is 8.78 Å². The third-order valence-corrected chi connectivity index (χ3v) is 2.71. The summed E-state index contributed by atoms with van der Waals surface area (Å²) in [6, 6.07) is 7.55. The number of rotatable bonds is 3. The van der Waals surface area contributed by atoms with Gasteiger partial charge in [-0.3, -0.25) is 4.79 Å². The van der Waals surface area contributed by atoms with Crippen LogP contribution in [0.15, 0.2) is 40.9 Å². The van der Waals surface area contributed by atoms with Gasteiger partial charge in [-0.05, 0) is 30.3 Å². The van der Waals surface area contributed by atoms with Crippen molar-refractivity contribution in [2.75, 3.05) is 0 Å². The molecule has 0 bridgehead atoms. The highest BCUT2D eigenvalue weighted by Gasteiger charge is 2.10. The molecule has 0 aliphatic carbocycles. The van der Waals surface area contributed by atoms with Gasteiger partial charge in [-0.1, -0.05) is 15.9 Å². The molecule has 0 aromatic heterocycles. The van der Waals surface area contributed by atoms with E-state index in [4.69, 9.17) is 4.74 Å². The largest absolute Gasteiger partial charge is 0.453 e. The topological polar surface area (TPSA) is 26.3 Å². The lowest BCUT2D eigenvalue weighted by Crippen LogP contribution is -1.93. The average Bonchev–Trinajstić information content (AvgIpc) is 2.34. The van der Waals surface area contributed by atoms with Crippen LogP contribution in [0.1, 0.15) is 10.4 Å². The molecule has 0 aliphatic heterocycles. The summed E-state index contributed by atoms with van der Waals surface area (Å²) in [4.78, 5) is 10.8. The van der Waals surface area contributed by atoms with Gasteiger partial charge in [0.1, 0.15) is 11.6 Å². The van der Waals surface area contributed by atoms with Crippen molar-refractivity contribution in [1.82, 2.24) is 0 Å². The highest BCUT2D eigenvalue weighted by atomic mass is 79.9. The molecule has 0 fully saturated rings. The summed E-state index contributed by atoms with van der Waals surface area (Å²) < 4.78 is 32.3. The van der Waals surface area contributed by atoms with Gasteiger partial charge in [-0.15, -0.1) is 0 Å². The van der Waals surface area contributed by atoms with E-state index >= 15 is 0 Å². The monoisotopic (exact) mass is 312 g/mol. The quantitative estimate of drug-likeness (QED) is 0.788. The SMILES string of the molecule is O=Cc1ccc(Br)cc1Oc1cc(F)ccc1F. The lowest BCUT2D eigenvalue weighted by Gasteiger charge is -2.09. The van der Waals surface area contributed by atoms with Crippen LogP contribution in [0, 0.1) is 11.6 Å². The molecule has 2 rings (SSSR count). The molecule has 0 amide bonds. The molecular weight excluding hydrogens is 306 g/mol. The summed E-state index contributed by atoms with van der Waals surface area (Å²) in [6.45, 7) is 0. The molecule has 0 radical (unpaired) electrons. The van der Waals surface area contributed by atoms with Crippen LogP contribution in [0.4, 0.5) is 8.78 Å². The third kappa shape index (κ3) is 2.73. The van der Waals surface area contributed by atoms with Gasteiger partial charge in [0.2, 0.25) is 0 Å². The highest BCUT2D eigenvalue weighted by Crippen LogP contribution is 2.29. The molecule has 0 spiro atoms. The lowest BCUT2D eigenvalue weighted by atomic mass is 10.2. The van der Waals surface area contributed by atoms with Gasteiger partial charge in [0.25, 0.3) is 0 Å². The minimum atomic E-state index is -0.701. The van der Waals surface area contributed by atoms with E-state index in [-0.39, 0.29) is 17.1 Å². The van der Waals surface area contributed by atoms with Crippen LogP contribution in [0.5, 0.6) is 11.5 Å². The summed E-state index contributed by atoms with van der Waals surface area (Å²) in [5.74, 6) is -1.43. The number of carbonyl (C=O) groups is 1. The van der Waals surface area contributed by atoms with E-state index in [0.717, 1.165) is 18.2 Å². The van der Waals surface area contributed by atoms with Crippen LogP contribution in [-0.4, -0.2) is 6.29 Å². The van der Waals surface area contributed by atoms with Gasteiger partial charge < -0.3 is 4.74 Å². The summed E-state index contributed by atoms with van der Waals surface area (Å²) >= 11 is 3.21. The molecule has 0 saturated carbocycles. The second-order valence-corrected chi connectivity index (χ2v) is 4.39. The molecular formula is C13H7BrF2O2. The first kappa shape index (κ1) is 12.7. The molecule has 0 saturated heterocycles. The van der Waals surface area contributed by atoms with Crippen molar-refractivity contribution in [3.05, 3.63) is 58.1 Å². The number of hydrogen-bond donors (Lipinski definition) is 0. The Labute approximate surface area is 110 Å². The first-order valence-corrected chi connectivity index (χ1v) is 5.77. The van der Waals surface area contributed by atoms with E-state index in [2.05, 4.69) is 15.9 Å². The van der Waals surface area contributed by atoms with Gasteiger partial charge in [0.15, 0.2) is 17.9 Å². The maximum absolute atomic E-state index is 13.4. The fraction of sp³-hybridized carbons (Fsp3) is 0. The Kier molecular flexibility index (Phi) is 3.72. The number of ether oxygens (including phenoxy) is 1. The Morgan fingerprint density at radius 1 is 1.06 bits per heavy atom. The Balaban J connectivity index is 2.41. The number of hydrogen-bond acceptors (Lipinski definition) is 2. The highest BCUT2D eigenvalue weighted by molar-refractivity contribution is 9.10. The molecule has 2 nitrogen and oxygen atoms in total. The average molecular weight is 313 g/mol. The molecule has 92 valence electrons. The molecule has 0 heterocycles. The van der Waals surface area contributed by atoms with Crippen molar-refractivity contribution in [3.8, 4) is 11.5 Å². The normalized spacial score (nSPS) is 10.2. The van der Waals surface area contributed by atoms with Crippen molar-refractivity contribution in [1.29, 1.82) is 0 Å². The number of benzene rings is 2. The molecule has 5 heteroatoms. The lowest BCUT2D eigenvalue weighted by molar-refractivity contribution is 0.112. The summed E-state index contributed by atoms with van der Waals surface area (Å²) in [5, 5.41) is 0. The maximum Gasteiger partial charge on any atom is 0.166 e. The van der Waals surface area contributed by atoms with E-state index < -0.39 is 11.6 Å². The minimum absolute atomic E-state index is 0.156. The summed E-state index contributed by atoms with van der Waals surface area (Å²) in [7, 11) is 0. The Morgan fingerprint density at radius 2 is 1.83 bits per heavy atom. The molecule has 0 unspecified atom stereocenters. The Hall–Kier alpha value is -1.75.